The highest BCUT2D eigenvalue weighted by Gasteiger charge is 2.32. The van der Waals surface area contributed by atoms with Gasteiger partial charge in [0.25, 0.3) is 5.91 Å². The zero-order valence-corrected chi connectivity index (χ0v) is 23.6. The Morgan fingerprint density at radius 3 is 2.58 bits per heavy atom. The van der Waals surface area contributed by atoms with Crippen LogP contribution >= 0.6 is 0 Å². The molecule has 1 aliphatic heterocycles. The summed E-state index contributed by atoms with van der Waals surface area (Å²) in [4.78, 5) is 12.8. The molecule has 2 aromatic carbocycles. The summed E-state index contributed by atoms with van der Waals surface area (Å²) in [6, 6.07) is 17.9. The van der Waals surface area contributed by atoms with Crippen molar-refractivity contribution in [3.8, 4) is 23.0 Å². The number of hydrogen-bond donors (Lipinski definition) is 1. The number of aromatic nitrogens is 2. The molecule has 0 radical (unpaired) electrons. The molecule has 0 bridgehead atoms. The molecule has 1 N–H and O–H groups in total. The molecule has 3 aromatic rings. The highest BCUT2D eigenvalue weighted by atomic mass is 32.2. The molecule has 4 rings (SSSR count). The Morgan fingerprint density at radius 1 is 1.18 bits per heavy atom. The topological polar surface area (TPSA) is 127 Å². The van der Waals surface area contributed by atoms with Gasteiger partial charge in [-0.05, 0) is 50.6 Å². The third kappa shape index (κ3) is 6.84. The fourth-order valence-electron chi connectivity index (χ4n) is 4.53. The summed E-state index contributed by atoms with van der Waals surface area (Å²) in [6.07, 6.45) is 3.36. The van der Waals surface area contributed by atoms with Gasteiger partial charge in [0.2, 0.25) is 10.0 Å². The van der Waals surface area contributed by atoms with Crippen molar-refractivity contribution < 1.29 is 22.7 Å². The summed E-state index contributed by atoms with van der Waals surface area (Å²) < 4.78 is 40.9. The van der Waals surface area contributed by atoms with Gasteiger partial charge >= 0.3 is 0 Å². The van der Waals surface area contributed by atoms with Crippen LogP contribution in [0.2, 0.25) is 0 Å². The van der Waals surface area contributed by atoms with Gasteiger partial charge in [-0.2, -0.15) is 14.7 Å². The maximum atomic E-state index is 13.6. The largest absolute Gasteiger partial charge is 0.385 e. The zero-order valence-electron chi connectivity index (χ0n) is 22.8. The molecule has 1 amide bonds. The lowest BCUT2D eigenvalue weighted by atomic mass is 10.1. The number of para-hydroxylation sites is 1. The Morgan fingerprint density at radius 2 is 1.90 bits per heavy atom. The van der Waals surface area contributed by atoms with Crippen molar-refractivity contribution in [1.29, 1.82) is 5.26 Å². The number of carbonyl (C=O) groups is 1. The first kappa shape index (κ1) is 29.2. The molecule has 1 saturated heterocycles. The number of sulfonamides is 1. The van der Waals surface area contributed by atoms with Gasteiger partial charge in [0.15, 0.2) is 0 Å². The molecule has 2 heterocycles. The number of ether oxygens (including phenoxy) is 2. The number of morpholine rings is 1. The minimum Gasteiger partial charge on any atom is -0.385 e. The maximum absolute atomic E-state index is 13.6. The Labute approximate surface area is 234 Å². The van der Waals surface area contributed by atoms with Crippen LogP contribution in [0.15, 0.2) is 71.3 Å². The van der Waals surface area contributed by atoms with Crippen LogP contribution in [-0.4, -0.2) is 74.0 Å². The van der Waals surface area contributed by atoms with Crippen molar-refractivity contribution >= 4 is 22.0 Å². The van der Waals surface area contributed by atoms with E-state index in [0.717, 1.165) is 5.69 Å². The van der Waals surface area contributed by atoms with E-state index in [1.54, 1.807) is 42.3 Å². The lowest BCUT2D eigenvalue weighted by Gasteiger charge is -2.34. The summed E-state index contributed by atoms with van der Waals surface area (Å²) in [6.45, 7) is 5.08. The minimum atomic E-state index is -3.80. The predicted octanol–water partition coefficient (Wildman–Crippen LogP) is 3.40. The van der Waals surface area contributed by atoms with Crippen LogP contribution in [0.3, 0.4) is 0 Å². The van der Waals surface area contributed by atoms with Crippen LogP contribution in [0.5, 0.6) is 0 Å². The molecule has 11 heteroatoms. The van der Waals surface area contributed by atoms with Crippen molar-refractivity contribution in [2.75, 3.05) is 33.4 Å². The van der Waals surface area contributed by atoms with Crippen LogP contribution in [0.4, 0.5) is 0 Å². The van der Waals surface area contributed by atoms with Gasteiger partial charge in [0.05, 0.1) is 22.8 Å². The van der Waals surface area contributed by atoms with E-state index >= 15 is 0 Å². The third-order valence-electron chi connectivity index (χ3n) is 6.37. The van der Waals surface area contributed by atoms with Crippen molar-refractivity contribution in [2.45, 2.75) is 37.4 Å². The van der Waals surface area contributed by atoms with Crippen LogP contribution in [0.25, 0.3) is 23.0 Å². The highest BCUT2D eigenvalue weighted by Crippen LogP contribution is 2.29. The van der Waals surface area contributed by atoms with Crippen LogP contribution in [-0.2, 0) is 24.3 Å². The molecule has 1 aromatic heterocycles. The number of hydrogen-bond acceptors (Lipinski definition) is 7. The molecular weight excluding hydrogens is 530 g/mol. The van der Waals surface area contributed by atoms with E-state index in [1.165, 1.54) is 10.4 Å². The average molecular weight is 564 g/mol. The average Bonchev–Trinajstić information content (AvgIpc) is 3.38. The molecule has 2 atom stereocenters. The second-order valence-corrected chi connectivity index (χ2v) is 11.5. The van der Waals surface area contributed by atoms with Gasteiger partial charge in [0, 0.05) is 50.7 Å². The SMILES string of the molecule is COCCCNC(=O)/C(C#N)=C\c1cn(-c2ccccc2)nc1-c1cccc(S(=O)(=O)N2CC(C)OC(C)C2)c1. The van der Waals surface area contributed by atoms with E-state index < -0.39 is 15.9 Å². The number of amides is 1. The van der Waals surface area contributed by atoms with E-state index in [0.29, 0.717) is 36.4 Å². The standard InChI is InChI=1S/C29H33N5O5S/c1-21-18-33(19-22(2)39-21)40(36,37)27-12-7-9-23(16-27)28-25(20-34(32-28)26-10-5-4-6-11-26)15-24(17-30)29(35)31-13-8-14-38-3/h4-7,9-12,15-16,20-22H,8,13-14,18-19H2,1-3H3,(H,31,35)/b24-15-. The molecule has 0 spiro atoms. The van der Waals surface area contributed by atoms with E-state index in [1.807, 2.05) is 50.2 Å². The van der Waals surface area contributed by atoms with E-state index in [4.69, 9.17) is 14.6 Å². The smallest absolute Gasteiger partial charge is 0.261 e. The predicted molar refractivity (Wildman–Crippen MR) is 151 cm³/mol. The van der Waals surface area contributed by atoms with Crippen LogP contribution < -0.4 is 5.32 Å². The van der Waals surface area contributed by atoms with E-state index in [9.17, 15) is 18.5 Å². The number of nitriles is 1. The summed E-state index contributed by atoms with van der Waals surface area (Å²) in [5, 5.41) is 17.2. The molecule has 10 nitrogen and oxygen atoms in total. The second-order valence-electron chi connectivity index (χ2n) is 9.59. The summed E-state index contributed by atoms with van der Waals surface area (Å²) >= 11 is 0. The lowest BCUT2D eigenvalue weighted by Crippen LogP contribution is -2.48. The Kier molecular flexibility index (Phi) is 9.50. The number of nitrogens with zero attached hydrogens (tertiary/aromatic N) is 4. The fourth-order valence-corrected chi connectivity index (χ4v) is 6.16. The van der Waals surface area contributed by atoms with Crippen molar-refractivity contribution in [2.24, 2.45) is 0 Å². The highest BCUT2D eigenvalue weighted by molar-refractivity contribution is 7.89. The molecule has 0 saturated carbocycles. The van der Waals surface area contributed by atoms with Gasteiger partial charge < -0.3 is 14.8 Å². The maximum Gasteiger partial charge on any atom is 0.261 e. The monoisotopic (exact) mass is 563 g/mol. The number of carbonyl (C=O) groups excluding carboxylic acids is 1. The Balaban J connectivity index is 1.74. The zero-order chi connectivity index (χ0) is 28.7. The quantitative estimate of drug-likeness (QED) is 0.228. The van der Waals surface area contributed by atoms with Crippen molar-refractivity contribution in [1.82, 2.24) is 19.4 Å². The van der Waals surface area contributed by atoms with Gasteiger partial charge in [-0.3, -0.25) is 4.79 Å². The fraction of sp³-hybridized carbons (Fsp3) is 0.345. The van der Waals surface area contributed by atoms with Gasteiger partial charge in [-0.25, -0.2) is 13.1 Å². The van der Waals surface area contributed by atoms with Gasteiger partial charge in [0.1, 0.15) is 17.3 Å². The first-order valence-corrected chi connectivity index (χ1v) is 14.5. The lowest BCUT2D eigenvalue weighted by molar-refractivity contribution is -0.117. The first-order chi connectivity index (χ1) is 19.2. The Hall–Kier alpha value is -3.82. The number of nitrogens with one attached hydrogen (secondary N) is 1. The summed E-state index contributed by atoms with van der Waals surface area (Å²) in [5.41, 5.74) is 2.15. The number of methoxy groups -OCH3 is 1. The summed E-state index contributed by atoms with van der Waals surface area (Å²) in [5.74, 6) is -0.510. The van der Waals surface area contributed by atoms with Crippen molar-refractivity contribution in [3.05, 3.63) is 71.9 Å². The normalized spacial score (nSPS) is 18.3. The number of rotatable bonds is 10. The summed E-state index contributed by atoms with van der Waals surface area (Å²) in [7, 11) is -2.22. The Bertz CT molecular complexity index is 1500. The second kappa shape index (κ2) is 13.0. The number of benzene rings is 2. The van der Waals surface area contributed by atoms with E-state index in [-0.39, 0.29) is 35.8 Å². The van der Waals surface area contributed by atoms with Crippen molar-refractivity contribution in [3.63, 3.8) is 0 Å². The third-order valence-corrected chi connectivity index (χ3v) is 8.20. The molecule has 2 unspecified atom stereocenters. The molecule has 40 heavy (non-hydrogen) atoms. The molecule has 1 fully saturated rings. The van der Waals surface area contributed by atoms with Gasteiger partial charge in [-0.1, -0.05) is 30.3 Å². The molecule has 0 aliphatic carbocycles. The van der Waals surface area contributed by atoms with E-state index in [2.05, 4.69) is 5.32 Å². The molecular formula is C29H33N5O5S. The minimum absolute atomic E-state index is 0.0913. The van der Waals surface area contributed by atoms with Gasteiger partial charge in [-0.15, -0.1) is 0 Å². The van der Waals surface area contributed by atoms with Crippen LogP contribution in [0, 0.1) is 11.3 Å². The first-order valence-electron chi connectivity index (χ1n) is 13.0. The van der Waals surface area contributed by atoms with Crippen LogP contribution in [0.1, 0.15) is 25.8 Å². The molecule has 210 valence electrons. The molecule has 1 aliphatic rings.